The molecule has 3 N–H and O–H groups in total. The van der Waals surface area contributed by atoms with Gasteiger partial charge in [0.05, 0.1) is 11.0 Å². The number of hydrogen-bond donors (Lipinski definition) is 2. The molecule has 0 aliphatic carbocycles. The first-order chi connectivity index (χ1) is 13.5. The second kappa shape index (κ2) is 7.51. The molecule has 1 unspecified atom stereocenters. The molecule has 4 rings (SSSR count). The van der Waals surface area contributed by atoms with E-state index in [0.29, 0.717) is 11.8 Å². The molecular formula is C25H27N3. The molecule has 0 saturated carbocycles. The molecule has 0 spiro atoms. The third-order valence-electron chi connectivity index (χ3n) is 5.49. The summed E-state index contributed by atoms with van der Waals surface area (Å²) in [6, 6.07) is 23.2. The van der Waals surface area contributed by atoms with Crippen molar-refractivity contribution in [2.24, 2.45) is 0 Å². The number of anilines is 1. The molecule has 0 fully saturated rings. The molecule has 1 heterocycles. The van der Waals surface area contributed by atoms with Gasteiger partial charge in [-0.15, -0.1) is 0 Å². The van der Waals surface area contributed by atoms with Gasteiger partial charge in [0.15, 0.2) is 0 Å². The highest BCUT2D eigenvalue weighted by atomic mass is 14.9. The fraction of sp³-hybridized carbons (Fsp3) is 0.240. The number of H-pyrrole nitrogens is 1. The van der Waals surface area contributed by atoms with Crippen molar-refractivity contribution in [2.75, 3.05) is 5.73 Å². The van der Waals surface area contributed by atoms with Gasteiger partial charge in [-0.25, -0.2) is 4.98 Å². The lowest BCUT2D eigenvalue weighted by molar-refractivity contribution is 0.756. The van der Waals surface area contributed by atoms with Crippen LogP contribution >= 0.6 is 0 Å². The van der Waals surface area contributed by atoms with Crippen molar-refractivity contribution >= 4 is 16.7 Å². The lowest BCUT2D eigenvalue weighted by Crippen LogP contribution is -2.06. The summed E-state index contributed by atoms with van der Waals surface area (Å²) in [5.74, 6) is 1.72. The van der Waals surface area contributed by atoms with Crippen LogP contribution in [0.25, 0.3) is 22.4 Å². The Morgan fingerprint density at radius 2 is 1.57 bits per heavy atom. The Labute approximate surface area is 166 Å². The van der Waals surface area contributed by atoms with Gasteiger partial charge in [-0.1, -0.05) is 75.4 Å². The Hall–Kier alpha value is -3.07. The molecule has 0 aliphatic heterocycles. The molecule has 0 bridgehead atoms. The van der Waals surface area contributed by atoms with Gasteiger partial charge < -0.3 is 10.7 Å². The van der Waals surface area contributed by atoms with Crippen LogP contribution in [0.3, 0.4) is 0 Å². The van der Waals surface area contributed by atoms with Gasteiger partial charge in [-0.2, -0.15) is 0 Å². The Balaban J connectivity index is 1.54. The Bertz CT molecular complexity index is 1060. The quantitative estimate of drug-likeness (QED) is 0.407. The van der Waals surface area contributed by atoms with Crippen LogP contribution in [0, 0.1) is 0 Å². The summed E-state index contributed by atoms with van der Waals surface area (Å²) in [5.41, 5.74) is 14.4. The Morgan fingerprint density at radius 3 is 2.29 bits per heavy atom. The number of aromatic nitrogens is 2. The average Bonchev–Trinajstić information content (AvgIpc) is 3.12. The van der Waals surface area contributed by atoms with Crippen LogP contribution in [0.5, 0.6) is 0 Å². The number of aromatic amines is 1. The largest absolute Gasteiger partial charge is 0.398 e. The van der Waals surface area contributed by atoms with E-state index in [1.165, 1.54) is 16.7 Å². The molecule has 0 saturated heterocycles. The van der Waals surface area contributed by atoms with Crippen molar-refractivity contribution in [3.8, 4) is 11.4 Å². The summed E-state index contributed by atoms with van der Waals surface area (Å²) in [4.78, 5) is 8.08. The third-order valence-corrected chi connectivity index (χ3v) is 5.49. The summed E-state index contributed by atoms with van der Waals surface area (Å²) in [6.45, 7) is 6.64. The van der Waals surface area contributed by atoms with Crippen LogP contribution in [0.4, 0.5) is 5.69 Å². The lowest BCUT2D eigenvalue weighted by atomic mass is 9.88. The Morgan fingerprint density at radius 1 is 0.857 bits per heavy atom. The highest BCUT2D eigenvalue weighted by Gasteiger charge is 2.14. The topological polar surface area (TPSA) is 54.7 Å². The summed E-state index contributed by atoms with van der Waals surface area (Å²) < 4.78 is 0. The monoisotopic (exact) mass is 369 g/mol. The number of fused-ring (bicyclic) bond motifs is 1. The fourth-order valence-corrected chi connectivity index (χ4v) is 3.89. The molecule has 0 amide bonds. The van der Waals surface area contributed by atoms with Crippen molar-refractivity contribution in [1.29, 1.82) is 0 Å². The molecule has 4 aromatic rings. The second-order valence-corrected chi connectivity index (χ2v) is 7.91. The van der Waals surface area contributed by atoms with Crippen LogP contribution in [0.15, 0.2) is 66.7 Å². The smallest absolute Gasteiger partial charge is 0.138 e. The van der Waals surface area contributed by atoms with Crippen molar-refractivity contribution in [3.63, 3.8) is 0 Å². The maximum atomic E-state index is 6.46. The van der Waals surface area contributed by atoms with Gasteiger partial charge in [0, 0.05) is 11.3 Å². The van der Waals surface area contributed by atoms with Crippen molar-refractivity contribution < 1.29 is 0 Å². The SMILES string of the molecule is CC(C)c1cccc(C(C)Cc2ccc(-c3nc4ccccc4[nH]3)cc2)c1N. The van der Waals surface area contributed by atoms with Crippen molar-refractivity contribution in [2.45, 2.75) is 39.0 Å². The molecule has 1 atom stereocenters. The van der Waals surface area contributed by atoms with Gasteiger partial charge in [-0.05, 0) is 47.1 Å². The highest BCUT2D eigenvalue weighted by molar-refractivity contribution is 5.79. The van der Waals surface area contributed by atoms with E-state index in [1.807, 2.05) is 18.2 Å². The van der Waals surface area contributed by atoms with Crippen LogP contribution < -0.4 is 5.73 Å². The zero-order valence-corrected chi connectivity index (χ0v) is 16.7. The summed E-state index contributed by atoms with van der Waals surface area (Å²) >= 11 is 0. The van der Waals surface area contributed by atoms with Gasteiger partial charge in [0.25, 0.3) is 0 Å². The molecule has 0 radical (unpaired) electrons. The van der Waals surface area contributed by atoms with Crippen molar-refractivity contribution in [1.82, 2.24) is 9.97 Å². The summed E-state index contributed by atoms with van der Waals surface area (Å²) in [7, 11) is 0. The first-order valence-corrected chi connectivity index (χ1v) is 9.95. The molecular weight excluding hydrogens is 342 g/mol. The van der Waals surface area contributed by atoms with Crippen LogP contribution in [-0.2, 0) is 6.42 Å². The predicted molar refractivity (Wildman–Crippen MR) is 119 cm³/mol. The second-order valence-electron chi connectivity index (χ2n) is 7.91. The number of nitrogens with two attached hydrogens (primary N) is 1. The van der Waals surface area contributed by atoms with Crippen LogP contribution in [-0.4, -0.2) is 9.97 Å². The van der Waals surface area contributed by atoms with E-state index in [1.54, 1.807) is 0 Å². The minimum absolute atomic E-state index is 0.371. The normalized spacial score (nSPS) is 12.6. The zero-order chi connectivity index (χ0) is 19.7. The van der Waals surface area contributed by atoms with Gasteiger partial charge in [-0.3, -0.25) is 0 Å². The van der Waals surface area contributed by atoms with E-state index < -0.39 is 0 Å². The highest BCUT2D eigenvalue weighted by Crippen LogP contribution is 2.32. The number of nitrogen functional groups attached to an aromatic ring is 1. The summed E-state index contributed by atoms with van der Waals surface area (Å²) in [5, 5.41) is 0. The van der Waals surface area contributed by atoms with Gasteiger partial charge in [0.1, 0.15) is 5.82 Å². The van der Waals surface area contributed by atoms with E-state index in [0.717, 1.165) is 34.5 Å². The number of hydrogen-bond acceptors (Lipinski definition) is 2. The van der Waals surface area contributed by atoms with Crippen molar-refractivity contribution in [3.05, 3.63) is 83.4 Å². The van der Waals surface area contributed by atoms with E-state index in [-0.39, 0.29) is 0 Å². The van der Waals surface area contributed by atoms with E-state index >= 15 is 0 Å². The fourth-order valence-electron chi connectivity index (χ4n) is 3.89. The van der Waals surface area contributed by atoms with E-state index in [4.69, 9.17) is 5.73 Å². The van der Waals surface area contributed by atoms with Crippen LogP contribution in [0.1, 0.15) is 49.3 Å². The number of benzene rings is 3. The molecule has 142 valence electrons. The molecule has 0 aliphatic rings. The van der Waals surface area contributed by atoms with E-state index in [9.17, 15) is 0 Å². The maximum Gasteiger partial charge on any atom is 0.138 e. The molecule has 1 aromatic heterocycles. The predicted octanol–water partition coefficient (Wildman–Crippen LogP) is 6.28. The number of rotatable bonds is 5. The number of para-hydroxylation sites is 3. The molecule has 28 heavy (non-hydrogen) atoms. The molecule has 3 nitrogen and oxygen atoms in total. The standard InChI is InChI=1S/C25H27N3/c1-16(2)20-7-6-8-21(24(20)26)17(3)15-18-11-13-19(14-12-18)25-27-22-9-4-5-10-23(22)28-25/h4-14,16-17H,15,26H2,1-3H3,(H,27,28). The minimum Gasteiger partial charge on any atom is -0.398 e. The average molecular weight is 370 g/mol. The van der Waals surface area contributed by atoms with Gasteiger partial charge in [0.2, 0.25) is 0 Å². The van der Waals surface area contributed by atoms with E-state index in [2.05, 4.69) is 79.3 Å². The number of nitrogens with one attached hydrogen (secondary N) is 1. The number of imidazole rings is 1. The zero-order valence-electron chi connectivity index (χ0n) is 16.7. The molecule has 3 heteroatoms. The Kier molecular flexibility index (Phi) is 4.91. The first kappa shape index (κ1) is 18.3. The molecule has 3 aromatic carbocycles. The third kappa shape index (κ3) is 3.53. The maximum absolute atomic E-state index is 6.46. The number of nitrogens with zero attached hydrogens (tertiary/aromatic N) is 1. The van der Waals surface area contributed by atoms with Gasteiger partial charge >= 0.3 is 0 Å². The summed E-state index contributed by atoms with van der Waals surface area (Å²) in [6.07, 6.45) is 0.964. The lowest BCUT2D eigenvalue weighted by Gasteiger charge is -2.19. The first-order valence-electron chi connectivity index (χ1n) is 9.95. The van der Waals surface area contributed by atoms with Crippen LogP contribution in [0.2, 0.25) is 0 Å². The minimum atomic E-state index is 0.371.